The molecule has 0 amide bonds. The van der Waals surface area contributed by atoms with Crippen LogP contribution in [0.25, 0.3) is 27.5 Å². The largest absolute Gasteiger partial charge is 0.313 e. The SMILES string of the molecule is [2H]C([2H])(C)C([2H])([2H])c1c(C(C)C)n(-c2ccc(F)cc2)c2cc3cn[nH]c3cc12. The molecule has 0 aliphatic rings. The molecule has 0 unspecified atom stereocenters. The Hall–Kier alpha value is -2.62. The van der Waals surface area contributed by atoms with Gasteiger partial charge in [-0.25, -0.2) is 4.39 Å². The van der Waals surface area contributed by atoms with E-state index in [0.717, 1.165) is 16.4 Å². The van der Waals surface area contributed by atoms with Crippen molar-refractivity contribution in [1.82, 2.24) is 14.8 Å². The number of hydrogen-bond acceptors (Lipinski definition) is 1. The van der Waals surface area contributed by atoms with Crippen LogP contribution in [0.5, 0.6) is 0 Å². The maximum Gasteiger partial charge on any atom is 0.123 e. The van der Waals surface area contributed by atoms with E-state index in [0.29, 0.717) is 22.3 Å². The molecule has 0 aliphatic carbocycles. The van der Waals surface area contributed by atoms with Crippen molar-refractivity contribution in [3.8, 4) is 5.69 Å². The molecule has 2 aromatic heterocycles. The smallest absolute Gasteiger partial charge is 0.123 e. The summed E-state index contributed by atoms with van der Waals surface area (Å²) >= 11 is 0. The highest BCUT2D eigenvalue weighted by Gasteiger charge is 2.21. The Morgan fingerprint density at radius 3 is 2.68 bits per heavy atom. The molecule has 4 rings (SSSR count). The highest BCUT2D eigenvalue weighted by Crippen LogP contribution is 2.36. The molecular weight excluding hydrogens is 313 g/mol. The molecule has 1 N–H and O–H groups in total. The van der Waals surface area contributed by atoms with E-state index in [2.05, 4.69) is 10.2 Å². The minimum absolute atomic E-state index is 0.101. The third-order valence-corrected chi connectivity index (χ3v) is 4.45. The van der Waals surface area contributed by atoms with Crippen molar-refractivity contribution in [3.63, 3.8) is 0 Å². The summed E-state index contributed by atoms with van der Waals surface area (Å²) in [7, 11) is 0. The molecule has 4 aromatic rings. The van der Waals surface area contributed by atoms with Crippen LogP contribution in [0, 0.1) is 5.82 Å². The predicted octanol–water partition coefficient (Wildman–Crippen LogP) is 5.72. The standard InChI is InChI=1S/C21H22FN3/c1-4-5-17-18-11-19-14(12-23-24-19)10-20(18)25(21(17)13(2)3)16-8-6-15(22)7-9-16/h6-13H,4-5H2,1-3H3,(H,23,24)/i4D2,5D2. The van der Waals surface area contributed by atoms with E-state index in [-0.39, 0.29) is 11.7 Å². The minimum atomic E-state index is -2.25. The molecule has 0 saturated carbocycles. The van der Waals surface area contributed by atoms with Crippen LogP contribution in [0.3, 0.4) is 0 Å². The van der Waals surface area contributed by atoms with Crippen LogP contribution >= 0.6 is 0 Å². The number of aromatic amines is 1. The second-order valence-electron chi connectivity index (χ2n) is 6.43. The van der Waals surface area contributed by atoms with Crippen molar-refractivity contribution in [1.29, 1.82) is 0 Å². The molecule has 0 fully saturated rings. The predicted molar refractivity (Wildman–Crippen MR) is 101 cm³/mol. The molecule has 0 saturated heterocycles. The van der Waals surface area contributed by atoms with Crippen LogP contribution in [0.1, 0.15) is 49.8 Å². The van der Waals surface area contributed by atoms with E-state index in [1.54, 1.807) is 18.3 Å². The summed E-state index contributed by atoms with van der Waals surface area (Å²) in [6, 6.07) is 9.78. The second-order valence-corrected chi connectivity index (χ2v) is 6.43. The molecule has 128 valence electrons. The lowest BCUT2D eigenvalue weighted by atomic mass is 9.99. The molecule has 0 radical (unpaired) electrons. The van der Waals surface area contributed by atoms with Gasteiger partial charge in [-0.1, -0.05) is 27.1 Å². The molecule has 0 aliphatic heterocycles. The van der Waals surface area contributed by atoms with E-state index in [1.807, 2.05) is 30.5 Å². The van der Waals surface area contributed by atoms with Gasteiger partial charge in [0, 0.05) is 27.6 Å². The lowest BCUT2D eigenvalue weighted by Gasteiger charge is -2.15. The number of aromatic nitrogens is 3. The molecule has 0 atom stereocenters. The first-order valence-electron chi connectivity index (χ1n) is 10.3. The number of aryl methyl sites for hydroxylation is 1. The summed E-state index contributed by atoms with van der Waals surface area (Å²) < 4.78 is 49.2. The zero-order chi connectivity index (χ0) is 21.1. The molecule has 25 heavy (non-hydrogen) atoms. The summed E-state index contributed by atoms with van der Waals surface area (Å²) in [6.45, 7) is 5.16. The molecule has 4 heteroatoms. The number of hydrogen-bond donors (Lipinski definition) is 1. The van der Waals surface area contributed by atoms with Gasteiger partial charge in [-0.3, -0.25) is 5.10 Å². The van der Waals surface area contributed by atoms with E-state index >= 15 is 0 Å². The number of fused-ring (bicyclic) bond motifs is 2. The number of benzene rings is 2. The highest BCUT2D eigenvalue weighted by atomic mass is 19.1. The first-order valence-corrected chi connectivity index (χ1v) is 8.30. The van der Waals surface area contributed by atoms with Crippen LogP contribution in [-0.2, 0) is 6.37 Å². The fraction of sp³-hybridized carbons (Fsp3) is 0.286. The number of rotatable bonds is 4. The monoisotopic (exact) mass is 339 g/mol. The highest BCUT2D eigenvalue weighted by molar-refractivity contribution is 5.98. The minimum Gasteiger partial charge on any atom is -0.313 e. The van der Waals surface area contributed by atoms with Crippen molar-refractivity contribution in [3.05, 3.63) is 59.7 Å². The van der Waals surface area contributed by atoms with Gasteiger partial charge >= 0.3 is 0 Å². The van der Waals surface area contributed by atoms with Crippen LogP contribution in [-0.4, -0.2) is 14.8 Å². The van der Waals surface area contributed by atoms with Gasteiger partial charge < -0.3 is 4.57 Å². The number of halogens is 1. The molecule has 2 heterocycles. The Kier molecular flexibility index (Phi) is 2.86. The van der Waals surface area contributed by atoms with Crippen LogP contribution in [0.15, 0.2) is 42.6 Å². The van der Waals surface area contributed by atoms with E-state index < -0.39 is 12.7 Å². The van der Waals surface area contributed by atoms with Crippen molar-refractivity contribution >= 4 is 21.8 Å². The summed E-state index contributed by atoms with van der Waals surface area (Å²) in [4.78, 5) is 0. The third kappa shape index (κ3) is 2.53. The molecular formula is C21H22FN3. The van der Waals surface area contributed by atoms with Gasteiger partial charge in [-0.15, -0.1) is 0 Å². The van der Waals surface area contributed by atoms with Gasteiger partial charge in [0.1, 0.15) is 5.82 Å². The third-order valence-electron chi connectivity index (χ3n) is 4.45. The van der Waals surface area contributed by atoms with Gasteiger partial charge in [-0.05, 0) is 54.3 Å². The van der Waals surface area contributed by atoms with Crippen LogP contribution in [0.2, 0.25) is 0 Å². The van der Waals surface area contributed by atoms with Gasteiger partial charge in [0.15, 0.2) is 0 Å². The summed E-state index contributed by atoms with van der Waals surface area (Å²) in [5.74, 6) is -0.453. The Labute approximate surface area is 152 Å². The topological polar surface area (TPSA) is 33.6 Å². The van der Waals surface area contributed by atoms with Gasteiger partial charge in [0.25, 0.3) is 0 Å². The average molecular weight is 339 g/mol. The van der Waals surface area contributed by atoms with Gasteiger partial charge in [0.05, 0.1) is 17.2 Å². The van der Waals surface area contributed by atoms with Crippen LogP contribution in [0.4, 0.5) is 4.39 Å². The first-order chi connectivity index (χ1) is 13.5. The Morgan fingerprint density at radius 1 is 1.24 bits per heavy atom. The van der Waals surface area contributed by atoms with Crippen LogP contribution < -0.4 is 0 Å². The number of nitrogens with zero attached hydrogens (tertiary/aromatic N) is 2. The zero-order valence-corrected chi connectivity index (χ0v) is 14.4. The fourth-order valence-electron chi connectivity index (χ4n) is 3.42. The van der Waals surface area contributed by atoms with E-state index in [9.17, 15) is 4.39 Å². The molecule has 2 aromatic carbocycles. The lowest BCUT2D eigenvalue weighted by molar-refractivity contribution is 0.627. The Bertz CT molecular complexity index is 1200. The number of nitrogens with one attached hydrogen (secondary N) is 1. The normalized spacial score (nSPS) is 15.4. The number of H-pyrrole nitrogens is 1. The van der Waals surface area contributed by atoms with Crippen molar-refractivity contribution < 1.29 is 9.87 Å². The van der Waals surface area contributed by atoms with Crippen molar-refractivity contribution in [2.45, 2.75) is 39.4 Å². The average Bonchev–Trinajstić information content (AvgIpc) is 3.21. The lowest BCUT2D eigenvalue weighted by Crippen LogP contribution is -2.04. The first kappa shape index (κ1) is 11.9. The summed E-state index contributed by atoms with van der Waals surface area (Å²) in [5.41, 5.74) is 3.16. The maximum atomic E-state index is 13.6. The summed E-state index contributed by atoms with van der Waals surface area (Å²) in [6.07, 6.45) is -2.66. The molecule has 0 spiro atoms. The molecule has 0 bridgehead atoms. The summed E-state index contributed by atoms with van der Waals surface area (Å²) in [5, 5.41) is 8.45. The van der Waals surface area contributed by atoms with Gasteiger partial charge in [0.2, 0.25) is 0 Å². The molecule has 3 nitrogen and oxygen atoms in total. The second kappa shape index (κ2) is 6.03. The Morgan fingerprint density at radius 2 is 2.00 bits per heavy atom. The Balaban J connectivity index is 2.21. The quantitative estimate of drug-likeness (QED) is 0.507. The van der Waals surface area contributed by atoms with Crippen molar-refractivity contribution in [2.24, 2.45) is 0 Å². The maximum absolute atomic E-state index is 13.6. The fourth-order valence-corrected chi connectivity index (χ4v) is 3.42. The zero-order valence-electron chi connectivity index (χ0n) is 18.4. The van der Waals surface area contributed by atoms with E-state index in [4.69, 9.17) is 5.48 Å². The van der Waals surface area contributed by atoms with E-state index in [1.165, 1.54) is 19.1 Å². The van der Waals surface area contributed by atoms with Gasteiger partial charge in [-0.2, -0.15) is 5.10 Å². The van der Waals surface area contributed by atoms with Crippen molar-refractivity contribution in [2.75, 3.05) is 0 Å².